The van der Waals surface area contributed by atoms with Gasteiger partial charge in [0.1, 0.15) is 11.6 Å². The second-order valence-electron chi connectivity index (χ2n) is 11.0. The fraction of sp³-hybridized carbons (Fsp3) is 0.875. The minimum absolute atomic E-state index is 0.0151. The molecule has 0 aromatic heterocycles. The maximum absolute atomic E-state index is 13.6. The molecule has 0 aliphatic heterocycles. The molecule has 0 amide bonds. The first-order chi connectivity index (χ1) is 13.6. The maximum Gasteiger partial charge on any atom is 0.332 e. The van der Waals surface area contributed by atoms with Gasteiger partial charge in [0.2, 0.25) is 0 Å². The van der Waals surface area contributed by atoms with Crippen LogP contribution in [0.3, 0.4) is 0 Å². The number of carbonyl (C=O) groups excluding carboxylic acids is 2. The number of Topliss-reactive ketones (excluding diaryl/α,β-unsaturated/α-hetero) is 2. The number of carboxylic acids is 1. The third-order valence-electron chi connectivity index (χ3n) is 9.89. The van der Waals surface area contributed by atoms with Crippen LogP contribution in [0.1, 0.15) is 78.6 Å². The minimum atomic E-state index is -1.39. The second kappa shape index (κ2) is 7.18. The molecule has 2 N–H and O–H groups in total. The number of fused-ring (bicyclic) bond motifs is 5. The largest absolute Gasteiger partial charge is 0.479 e. The lowest BCUT2D eigenvalue weighted by Crippen LogP contribution is -2.59. The van der Waals surface area contributed by atoms with Gasteiger partial charge in [0.05, 0.1) is 0 Å². The Labute approximate surface area is 173 Å². The molecule has 0 saturated heterocycles. The van der Waals surface area contributed by atoms with Crippen molar-refractivity contribution < 1.29 is 24.6 Å². The first-order valence-electron chi connectivity index (χ1n) is 11.6. The summed E-state index contributed by atoms with van der Waals surface area (Å²) in [6.45, 7) is 6.35. The van der Waals surface area contributed by atoms with Gasteiger partial charge < -0.3 is 10.2 Å². The first kappa shape index (κ1) is 21.0. The van der Waals surface area contributed by atoms with E-state index in [4.69, 9.17) is 5.11 Å². The summed E-state index contributed by atoms with van der Waals surface area (Å²) in [7, 11) is 0. The number of hydrogen-bond donors (Lipinski definition) is 2. The maximum atomic E-state index is 13.6. The second-order valence-corrected chi connectivity index (χ2v) is 11.0. The molecule has 0 aromatic rings. The summed E-state index contributed by atoms with van der Waals surface area (Å²) in [5, 5.41) is 18.9. The number of carboxylic acid groups (broad SMARTS) is 1. The molecule has 0 aromatic carbocycles. The molecule has 0 radical (unpaired) electrons. The van der Waals surface area contributed by atoms with Crippen LogP contribution in [0.15, 0.2) is 0 Å². The average molecular weight is 405 g/mol. The first-order valence-corrected chi connectivity index (χ1v) is 11.6. The number of aliphatic hydroxyl groups is 1. The van der Waals surface area contributed by atoms with E-state index in [9.17, 15) is 19.5 Å². The predicted molar refractivity (Wildman–Crippen MR) is 108 cm³/mol. The van der Waals surface area contributed by atoms with Gasteiger partial charge in [0.15, 0.2) is 6.10 Å². The molecule has 29 heavy (non-hydrogen) atoms. The Kier molecular flexibility index (Phi) is 5.20. The summed E-state index contributed by atoms with van der Waals surface area (Å²) in [5.74, 6) is 0.111. The van der Waals surface area contributed by atoms with E-state index < -0.39 is 17.5 Å². The fourth-order valence-electron chi connectivity index (χ4n) is 8.24. The zero-order valence-corrected chi connectivity index (χ0v) is 18.0. The monoisotopic (exact) mass is 404 g/mol. The topological polar surface area (TPSA) is 91.7 Å². The highest BCUT2D eigenvalue weighted by molar-refractivity contribution is 5.92. The van der Waals surface area contributed by atoms with Crippen molar-refractivity contribution >= 4 is 17.5 Å². The Balaban J connectivity index is 1.63. The Morgan fingerprint density at radius 1 is 1.10 bits per heavy atom. The Hall–Kier alpha value is -1.23. The van der Waals surface area contributed by atoms with Gasteiger partial charge in [0.25, 0.3) is 0 Å². The van der Waals surface area contributed by atoms with Crippen molar-refractivity contribution in [3.05, 3.63) is 0 Å². The van der Waals surface area contributed by atoms with Crippen LogP contribution in [0.2, 0.25) is 0 Å². The van der Waals surface area contributed by atoms with E-state index in [1.165, 1.54) is 12.8 Å². The third-order valence-corrected chi connectivity index (χ3v) is 9.89. The minimum Gasteiger partial charge on any atom is -0.479 e. The van der Waals surface area contributed by atoms with Crippen molar-refractivity contribution in [3.8, 4) is 0 Å². The van der Waals surface area contributed by atoms with E-state index in [0.29, 0.717) is 24.5 Å². The highest BCUT2D eigenvalue weighted by Gasteiger charge is 2.65. The van der Waals surface area contributed by atoms with Gasteiger partial charge in [0, 0.05) is 24.2 Å². The van der Waals surface area contributed by atoms with Crippen molar-refractivity contribution in [3.63, 3.8) is 0 Å². The summed E-state index contributed by atoms with van der Waals surface area (Å²) >= 11 is 0. The summed E-state index contributed by atoms with van der Waals surface area (Å²) in [6.07, 6.45) is 6.32. The van der Waals surface area contributed by atoms with E-state index in [-0.39, 0.29) is 47.2 Å². The summed E-state index contributed by atoms with van der Waals surface area (Å²) < 4.78 is 0. The smallest absolute Gasteiger partial charge is 0.332 e. The predicted octanol–water partition coefficient (Wildman–Crippen LogP) is 3.87. The molecular formula is C24H36O5. The molecule has 0 spiro atoms. The van der Waals surface area contributed by atoms with Gasteiger partial charge >= 0.3 is 5.97 Å². The van der Waals surface area contributed by atoms with E-state index in [1.54, 1.807) is 0 Å². The molecule has 4 fully saturated rings. The van der Waals surface area contributed by atoms with Crippen LogP contribution >= 0.6 is 0 Å². The van der Waals surface area contributed by atoms with E-state index >= 15 is 0 Å². The molecule has 5 nitrogen and oxygen atoms in total. The molecule has 0 bridgehead atoms. The summed E-state index contributed by atoms with van der Waals surface area (Å²) in [6, 6.07) is 0. The van der Waals surface area contributed by atoms with E-state index in [1.807, 2.05) is 13.8 Å². The lowest BCUT2D eigenvalue weighted by molar-refractivity contribution is -0.166. The summed E-state index contributed by atoms with van der Waals surface area (Å²) in [4.78, 5) is 38.1. The van der Waals surface area contributed by atoms with Crippen LogP contribution in [0, 0.1) is 46.3 Å². The third kappa shape index (κ3) is 3.02. The van der Waals surface area contributed by atoms with Crippen LogP contribution in [-0.4, -0.2) is 33.9 Å². The molecular weight excluding hydrogens is 368 g/mol. The van der Waals surface area contributed by atoms with Gasteiger partial charge in [-0.2, -0.15) is 0 Å². The molecule has 4 aliphatic rings. The number of hydrogen-bond acceptors (Lipinski definition) is 4. The van der Waals surface area contributed by atoms with Crippen molar-refractivity contribution in [2.24, 2.45) is 46.3 Å². The van der Waals surface area contributed by atoms with Crippen molar-refractivity contribution in [1.29, 1.82) is 0 Å². The van der Waals surface area contributed by atoms with Gasteiger partial charge in [-0.05, 0) is 67.1 Å². The van der Waals surface area contributed by atoms with Crippen LogP contribution in [-0.2, 0) is 14.4 Å². The lowest BCUT2D eigenvalue weighted by Gasteiger charge is -2.59. The number of rotatable bonds is 4. The SMILES string of the molecule is C[C@H](CC(O)C(=O)O)[C@H]1CC[C@H]2[C@@H]3C(=O)CC4CCCC[C@]4(C)[C@H]3CC(=O)[C@]12C. The summed E-state index contributed by atoms with van der Waals surface area (Å²) in [5.41, 5.74) is -0.455. The fourth-order valence-corrected chi connectivity index (χ4v) is 8.24. The highest BCUT2D eigenvalue weighted by Crippen LogP contribution is 2.66. The highest BCUT2D eigenvalue weighted by atomic mass is 16.4. The van der Waals surface area contributed by atoms with Crippen molar-refractivity contribution in [1.82, 2.24) is 0 Å². The van der Waals surface area contributed by atoms with Gasteiger partial charge in [-0.1, -0.05) is 33.6 Å². The van der Waals surface area contributed by atoms with Crippen LogP contribution in [0.5, 0.6) is 0 Å². The van der Waals surface area contributed by atoms with Gasteiger partial charge in [-0.15, -0.1) is 0 Å². The molecule has 5 heteroatoms. The Bertz CT molecular complexity index is 716. The molecule has 0 heterocycles. The molecule has 9 atom stereocenters. The lowest BCUT2D eigenvalue weighted by atomic mass is 9.44. The van der Waals surface area contributed by atoms with E-state index in [0.717, 1.165) is 25.7 Å². The molecule has 2 unspecified atom stereocenters. The zero-order chi connectivity index (χ0) is 21.1. The van der Waals surface area contributed by atoms with Crippen molar-refractivity contribution in [2.45, 2.75) is 84.7 Å². The van der Waals surface area contributed by atoms with Crippen LogP contribution in [0.25, 0.3) is 0 Å². The number of aliphatic carboxylic acids is 1. The van der Waals surface area contributed by atoms with Gasteiger partial charge in [-0.25, -0.2) is 4.79 Å². The average Bonchev–Trinajstić information content (AvgIpc) is 3.01. The normalized spacial score (nSPS) is 46.4. The van der Waals surface area contributed by atoms with E-state index in [2.05, 4.69) is 6.92 Å². The van der Waals surface area contributed by atoms with Crippen LogP contribution in [0.4, 0.5) is 0 Å². The van der Waals surface area contributed by atoms with Crippen LogP contribution < -0.4 is 0 Å². The Morgan fingerprint density at radius 2 is 1.83 bits per heavy atom. The number of aliphatic hydroxyl groups excluding tert-OH is 1. The molecule has 4 aliphatic carbocycles. The van der Waals surface area contributed by atoms with Gasteiger partial charge in [-0.3, -0.25) is 9.59 Å². The number of carbonyl (C=O) groups is 3. The van der Waals surface area contributed by atoms with Crippen molar-refractivity contribution in [2.75, 3.05) is 0 Å². The number of ketones is 2. The zero-order valence-electron chi connectivity index (χ0n) is 18.0. The Morgan fingerprint density at radius 3 is 2.52 bits per heavy atom. The standard InChI is InChI=1S/C24H36O5/c1-13(10-19(26)22(28)29)15-7-8-16-21-17(12-20(27)24(15,16)3)23(2)9-5-4-6-14(23)11-18(21)25/h13-17,19,21,26H,4-12H2,1-3H3,(H,28,29)/t13-,14?,15-,16+,17+,19?,21+,23+,24-/m1/s1. The quantitative estimate of drug-likeness (QED) is 0.742. The molecule has 4 saturated carbocycles. The molecule has 162 valence electrons. The molecule has 4 rings (SSSR count).